The second-order valence-electron chi connectivity index (χ2n) is 6.11. The Balaban J connectivity index is 1.68. The summed E-state index contributed by atoms with van der Waals surface area (Å²) in [5, 5.41) is 33.9. The molecule has 2 N–H and O–H groups in total. The Kier molecular flexibility index (Phi) is 4.59. The minimum Gasteiger partial charge on any atom is -0.418 e. The molecule has 0 aliphatic heterocycles. The van der Waals surface area contributed by atoms with Crippen molar-refractivity contribution in [2.45, 2.75) is 19.1 Å². The molecule has 0 bridgehead atoms. The van der Waals surface area contributed by atoms with E-state index in [1.807, 2.05) is 47.8 Å². The number of fused-ring (bicyclic) bond motifs is 1. The number of hydrogen-bond acceptors (Lipinski definition) is 7. The van der Waals surface area contributed by atoms with Gasteiger partial charge >= 0.3 is 0 Å². The van der Waals surface area contributed by atoms with Gasteiger partial charge in [0.15, 0.2) is 0 Å². The number of rotatable bonds is 5. The number of aromatic nitrogens is 2. The minimum absolute atomic E-state index is 0.302. The predicted molar refractivity (Wildman–Crippen MR) is 104 cm³/mol. The summed E-state index contributed by atoms with van der Waals surface area (Å²) in [7, 11) is 0. The summed E-state index contributed by atoms with van der Waals surface area (Å²) in [6.45, 7) is 1.67. The lowest BCUT2D eigenvalue weighted by atomic mass is 10.1. The maximum Gasteiger partial charge on any atom is 0.247 e. The summed E-state index contributed by atoms with van der Waals surface area (Å²) in [5.41, 5.74) is 2.25. The van der Waals surface area contributed by atoms with Gasteiger partial charge in [-0.2, -0.15) is 5.26 Å². The molecule has 4 rings (SSSR count). The molecule has 2 heterocycles. The topological polar surface area (TPSA) is 95.0 Å². The van der Waals surface area contributed by atoms with E-state index in [1.165, 1.54) is 11.3 Å². The smallest absolute Gasteiger partial charge is 0.247 e. The van der Waals surface area contributed by atoms with Crippen molar-refractivity contribution in [2.75, 3.05) is 5.32 Å². The third kappa shape index (κ3) is 3.28. The predicted octanol–water partition coefficient (Wildman–Crippen LogP) is 4.36. The number of nitrogens with one attached hydrogen (secondary N) is 1. The maximum absolute atomic E-state index is 10.3. The van der Waals surface area contributed by atoms with Gasteiger partial charge < -0.3 is 14.8 Å². The number of anilines is 1. The van der Waals surface area contributed by atoms with Crippen LogP contribution in [0, 0.1) is 11.3 Å². The first-order valence-corrected chi connectivity index (χ1v) is 9.29. The molecule has 27 heavy (non-hydrogen) atoms. The van der Waals surface area contributed by atoms with Crippen LogP contribution in [0.5, 0.6) is 0 Å². The lowest BCUT2D eigenvalue weighted by molar-refractivity contribution is 0.160. The molecule has 1 unspecified atom stereocenters. The van der Waals surface area contributed by atoms with E-state index >= 15 is 0 Å². The molecule has 2 atom stereocenters. The summed E-state index contributed by atoms with van der Waals surface area (Å²) < 4.78 is 6.71. The monoisotopic (exact) mass is 376 g/mol. The van der Waals surface area contributed by atoms with Gasteiger partial charge in [0.05, 0.1) is 16.4 Å². The van der Waals surface area contributed by atoms with Crippen LogP contribution in [0.3, 0.4) is 0 Å². The highest BCUT2D eigenvalue weighted by Crippen LogP contribution is 2.34. The molecule has 4 aromatic rings. The zero-order valence-electron chi connectivity index (χ0n) is 14.5. The SMILES string of the molecule is C[C@H](O)C(Nc1ccc(C#N)c2sccc12)c1nnc(-c2ccccc2)o1. The van der Waals surface area contributed by atoms with Crippen LogP contribution in [-0.4, -0.2) is 21.4 Å². The van der Waals surface area contributed by atoms with Crippen molar-refractivity contribution in [1.82, 2.24) is 10.2 Å². The van der Waals surface area contributed by atoms with Crippen LogP contribution < -0.4 is 5.32 Å². The minimum atomic E-state index is -0.765. The van der Waals surface area contributed by atoms with E-state index < -0.39 is 12.1 Å². The number of aliphatic hydroxyl groups is 1. The molecule has 0 spiro atoms. The van der Waals surface area contributed by atoms with Gasteiger partial charge in [0.2, 0.25) is 11.8 Å². The molecule has 0 aliphatic rings. The Labute approximate surface area is 159 Å². The van der Waals surface area contributed by atoms with Crippen molar-refractivity contribution >= 4 is 27.1 Å². The van der Waals surface area contributed by atoms with E-state index in [1.54, 1.807) is 13.0 Å². The molecule has 0 radical (unpaired) electrons. The van der Waals surface area contributed by atoms with Crippen LogP contribution in [0.2, 0.25) is 0 Å². The molecule has 0 saturated heterocycles. The normalized spacial score (nSPS) is 13.2. The highest BCUT2D eigenvalue weighted by molar-refractivity contribution is 7.17. The number of aliphatic hydroxyl groups excluding tert-OH is 1. The standard InChI is InChI=1S/C20H16N4O2S/c1-12(25)17(20-24-23-19(26-20)13-5-3-2-4-6-13)22-16-8-7-14(11-21)18-15(16)9-10-27-18/h2-10,12,17,22,25H,1H3/t12-,17?/m0/s1. The Morgan fingerprint density at radius 3 is 2.70 bits per heavy atom. The van der Waals surface area contributed by atoms with Gasteiger partial charge in [0.1, 0.15) is 12.1 Å². The second kappa shape index (κ2) is 7.19. The molecule has 0 saturated carbocycles. The molecule has 7 heteroatoms. The van der Waals surface area contributed by atoms with Crippen molar-refractivity contribution in [3.8, 4) is 17.5 Å². The highest BCUT2D eigenvalue weighted by atomic mass is 32.1. The molecule has 2 aromatic carbocycles. The lowest BCUT2D eigenvalue weighted by Gasteiger charge is -2.20. The third-order valence-corrected chi connectivity index (χ3v) is 5.21. The lowest BCUT2D eigenvalue weighted by Crippen LogP contribution is -2.23. The van der Waals surface area contributed by atoms with Crippen LogP contribution in [-0.2, 0) is 0 Å². The number of nitriles is 1. The van der Waals surface area contributed by atoms with Gasteiger partial charge in [-0.25, -0.2) is 0 Å². The average Bonchev–Trinajstić information content (AvgIpc) is 3.36. The number of nitrogens with zero attached hydrogens (tertiary/aromatic N) is 3. The average molecular weight is 376 g/mol. The fraction of sp³-hybridized carbons (Fsp3) is 0.150. The molecule has 0 amide bonds. The van der Waals surface area contributed by atoms with Crippen LogP contribution in [0.4, 0.5) is 5.69 Å². The van der Waals surface area contributed by atoms with Crippen molar-refractivity contribution in [3.05, 3.63) is 65.4 Å². The largest absolute Gasteiger partial charge is 0.418 e. The van der Waals surface area contributed by atoms with Crippen LogP contribution in [0.25, 0.3) is 21.5 Å². The van der Waals surface area contributed by atoms with Gasteiger partial charge in [-0.05, 0) is 42.6 Å². The van der Waals surface area contributed by atoms with Crippen molar-refractivity contribution in [2.24, 2.45) is 0 Å². The fourth-order valence-electron chi connectivity index (χ4n) is 2.89. The van der Waals surface area contributed by atoms with E-state index in [0.29, 0.717) is 17.3 Å². The van der Waals surface area contributed by atoms with Gasteiger partial charge in [-0.1, -0.05) is 18.2 Å². The number of thiophene rings is 1. The third-order valence-electron chi connectivity index (χ3n) is 4.26. The summed E-state index contributed by atoms with van der Waals surface area (Å²) >= 11 is 1.51. The van der Waals surface area contributed by atoms with Gasteiger partial charge in [0, 0.05) is 16.6 Å². The Morgan fingerprint density at radius 1 is 1.15 bits per heavy atom. The first kappa shape index (κ1) is 17.2. The van der Waals surface area contributed by atoms with E-state index in [2.05, 4.69) is 21.6 Å². The number of hydrogen-bond donors (Lipinski definition) is 2. The first-order valence-electron chi connectivity index (χ1n) is 8.41. The van der Waals surface area contributed by atoms with E-state index in [0.717, 1.165) is 21.3 Å². The molecular weight excluding hydrogens is 360 g/mol. The zero-order chi connectivity index (χ0) is 18.8. The molecular formula is C20H16N4O2S. The second-order valence-corrected chi connectivity index (χ2v) is 7.03. The number of benzene rings is 2. The van der Waals surface area contributed by atoms with Gasteiger partial charge in [0.25, 0.3) is 0 Å². The summed E-state index contributed by atoms with van der Waals surface area (Å²) in [5.74, 6) is 0.704. The molecule has 0 fully saturated rings. The Morgan fingerprint density at radius 2 is 1.96 bits per heavy atom. The molecule has 134 valence electrons. The van der Waals surface area contributed by atoms with E-state index in [9.17, 15) is 10.4 Å². The molecule has 0 aliphatic carbocycles. The molecule has 2 aromatic heterocycles. The van der Waals surface area contributed by atoms with Crippen molar-refractivity contribution in [3.63, 3.8) is 0 Å². The van der Waals surface area contributed by atoms with E-state index in [4.69, 9.17) is 4.42 Å². The van der Waals surface area contributed by atoms with Crippen molar-refractivity contribution in [1.29, 1.82) is 5.26 Å². The quantitative estimate of drug-likeness (QED) is 0.537. The van der Waals surface area contributed by atoms with E-state index in [-0.39, 0.29) is 0 Å². The van der Waals surface area contributed by atoms with Crippen LogP contribution in [0.1, 0.15) is 24.4 Å². The fourth-order valence-corrected chi connectivity index (χ4v) is 3.78. The Bertz CT molecular complexity index is 1110. The first-order chi connectivity index (χ1) is 13.2. The van der Waals surface area contributed by atoms with Gasteiger partial charge in [-0.3, -0.25) is 0 Å². The van der Waals surface area contributed by atoms with Crippen LogP contribution >= 0.6 is 11.3 Å². The zero-order valence-corrected chi connectivity index (χ0v) is 15.3. The molecule has 6 nitrogen and oxygen atoms in total. The van der Waals surface area contributed by atoms with Crippen molar-refractivity contribution < 1.29 is 9.52 Å². The summed E-state index contributed by atoms with van der Waals surface area (Å²) in [6.07, 6.45) is -0.765. The summed E-state index contributed by atoms with van der Waals surface area (Å²) in [6, 6.07) is 16.7. The summed E-state index contributed by atoms with van der Waals surface area (Å²) in [4.78, 5) is 0. The Hall–Kier alpha value is -3.21. The van der Waals surface area contributed by atoms with Gasteiger partial charge in [-0.15, -0.1) is 21.5 Å². The highest BCUT2D eigenvalue weighted by Gasteiger charge is 2.25. The maximum atomic E-state index is 10.3. The van der Waals surface area contributed by atoms with Crippen LogP contribution in [0.15, 0.2) is 58.3 Å².